The number of hydrogen-bond acceptors (Lipinski definition) is 2. The first-order valence-corrected chi connectivity index (χ1v) is 8.10. The summed E-state index contributed by atoms with van der Waals surface area (Å²) in [6.07, 6.45) is 7.41. The van der Waals surface area contributed by atoms with E-state index in [4.69, 9.17) is 4.74 Å². The van der Waals surface area contributed by atoms with Crippen molar-refractivity contribution in [1.82, 2.24) is 0 Å². The second-order valence-corrected chi connectivity index (χ2v) is 8.83. The van der Waals surface area contributed by atoms with Gasteiger partial charge >= 0.3 is 0 Å². The summed E-state index contributed by atoms with van der Waals surface area (Å²) in [4.78, 5) is 11.9. The minimum Gasteiger partial charge on any atom is -0.373 e. The molecule has 2 saturated carbocycles. The third-order valence-electron chi connectivity index (χ3n) is 7.84. The molecule has 0 aromatic heterocycles. The van der Waals surface area contributed by atoms with Gasteiger partial charge in [0.05, 0.1) is 12.2 Å². The van der Waals surface area contributed by atoms with E-state index in [1.807, 2.05) is 6.08 Å². The second kappa shape index (κ2) is 3.40. The van der Waals surface area contributed by atoms with Gasteiger partial charge in [-0.05, 0) is 43.1 Å². The number of hydrogen-bond donors (Lipinski definition) is 0. The molecule has 0 unspecified atom stereocenters. The van der Waals surface area contributed by atoms with Crippen LogP contribution >= 0.6 is 0 Å². The topological polar surface area (TPSA) is 26.3 Å². The lowest BCUT2D eigenvalue weighted by Gasteiger charge is -2.53. The highest BCUT2D eigenvalue weighted by Gasteiger charge is 2.71. The highest BCUT2D eigenvalue weighted by atomic mass is 16.5. The van der Waals surface area contributed by atoms with Gasteiger partial charge < -0.3 is 4.74 Å². The maximum absolute atomic E-state index is 11.9. The van der Waals surface area contributed by atoms with Crippen LogP contribution in [0.5, 0.6) is 0 Å². The standard InChI is InChI=1S/C18H26O2/c1-15(2)12-5-6-17(15,4)18(8-12)9-13-7-14(19)10-16(13,3)11-20-18/h7,12H,5-6,8-11H2,1-4H3/t12-,16+,17-,18+/m1/s1. The van der Waals surface area contributed by atoms with Gasteiger partial charge in [-0.2, -0.15) is 0 Å². The van der Waals surface area contributed by atoms with E-state index in [0.29, 0.717) is 17.6 Å². The van der Waals surface area contributed by atoms with Gasteiger partial charge in [0.1, 0.15) is 0 Å². The van der Waals surface area contributed by atoms with Gasteiger partial charge in [0, 0.05) is 17.3 Å². The molecule has 4 aliphatic rings. The third-order valence-corrected chi connectivity index (χ3v) is 7.84. The Kier molecular flexibility index (Phi) is 2.22. The second-order valence-electron chi connectivity index (χ2n) is 8.83. The van der Waals surface area contributed by atoms with E-state index in [0.717, 1.165) is 18.9 Å². The Morgan fingerprint density at radius 1 is 1.20 bits per heavy atom. The molecule has 0 radical (unpaired) electrons. The van der Waals surface area contributed by atoms with Crippen molar-refractivity contribution in [3.05, 3.63) is 11.6 Å². The van der Waals surface area contributed by atoms with Crippen molar-refractivity contribution in [2.45, 2.75) is 65.4 Å². The summed E-state index contributed by atoms with van der Waals surface area (Å²) in [7, 11) is 0. The predicted molar refractivity (Wildman–Crippen MR) is 78.3 cm³/mol. The zero-order valence-electron chi connectivity index (χ0n) is 13.2. The molecule has 3 aliphatic carbocycles. The molecule has 3 fully saturated rings. The number of carbonyl (C=O) groups excluding carboxylic acids is 1. The van der Waals surface area contributed by atoms with Crippen LogP contribution in [0.25, 0.3) is 0 Å². The Hall–Kier alpha value is -0.630. The highest BCUT2D eigenvalue weighted by molar-refractivity contribution is 5.94. The first-order chi connectivity index (χ1) is 9.23. The fourth-order valence-electron chi connectivity index (χ4n) is 5.86. The molecule has 1 aliphatic heterocycles. The lowest BCUT2D eigenvalue weighted by Crippen LogP contribution is -2.54. The van der Waals surface area contributed by atoms with Crippen LogP contribution in [0.15, 0.2) is 11.6 Å². The molecular weight excluding hydrogens is 248 g/mol. The summed E-state index contributed by atoms with van der Waals surface area (Å²) in [6.45, 7) is 10.3. The molecule has 0 aromatic rings. The van der Waals surface area contributed by atoms with Gasteiger partial charge in [0.25, 0.3) is 0 Å². The zero-order chi connectivity index (χ0) is 14.4. The van der Waals surface area contributed by atoms with E-state index in [-0.39, 0.29) is 16.4 Å². The van der Waals surface area contributed by atoms with Gasteiger partial charge in [0.15, 0.2) is 5.78 Å². The van der Waals surface area contributed by atoms with Crippen molar-refractivity contribution < 1.29 is 9.53 Å². The molecule has 110 valence electrons. The predicted octanol–water partition coefficient (Wildman–Crippen LogP) is 3.90. The molecule has 1 heterocycles. The lowest BCUT2D eigenvalue weighted by molar-refractivity contribution is -0.174. The number of carbonyl (C=O) groups is 1. The maximum Gasteiger partial charge on any atom is 0.156 e. The first-order valence-electron chi connectivity index (χ1n) is 8.10. The molecule has 4 rings (SSSR count). The molecule has 2 heteroatoms. The van der Waals surface area contributed by atoms with Crippen LogP contribution < -0.4 is 0 Å². The Morgan fingerprint density at radius 3 is 2.55 bits per heavy atom. The smallest absolute Gasteiger partial charge is 0.156 e. The number of allylic oxidation sites excluding steroid dienone is 1. The van der Waals surface area contributed by atoms with Crippen molar-refractivity contribution in [3.8, 4) is 0 Å². The van der Waals surface area contributed by atoms with E-state index < -0.39 is 0 Å². The highest BCUT2D eigenvalue weighted by Crippen LogP contribution is 2.73. The first kappa shape index (κ1) is 13.1. The molecule has 1 saturated heterocycles. The fourth-order valence-corrected chi connectivity index (χ4v) is 5.86. The van der Waals surface area contributed by atoms with Crippen molar-refractivity contribution in [1.29, 1.82) is 0 Å². The number of fused-ring (bicyclic) bond motifs is 4. The largest absolute Gasteiger partial charge is 0.373 e. The van der Waals surface area contributed by atoms with Crippen LogP contribution in [-0.2, 0) is 9.53 Å². The van der Waals surface area contributed by atoms with Crippen LogP contribution in [0.3, 0.4) is 0 Å². The van der Waals surface area contributed by atoms with E-state index in [1.165, 1.54) is 24.8 Å². The van der Waals surface area contributed by atoms with Crippen LogP contribution in [0.4, 0.5) is 0 Å². The minimum atomic E-state index is -0.00926. The van der Waals surface area contributed by atoms with Gasteiger partial charge in [-0.15, -0.1) is 0 Å². The summed E-state index contributed by atoms with van der Waals surface area (Å²) in [6, 6.07) is 0. The molecule has 0 amide bonds. The molecule has 20 heavy (non-hydrogen) atoms. The van der Waals surface area contributed by atoms with Crippen LogP contribution in [0, 0.1) is 22.2 Å². The van der Waals surface area contributed by atoms with Crippen molar-refractivity contribution in [2.24, 2.45) is 22.2 Å². The molecule has 4 atom stereocenters. The Bertz CT molecular complexity index is 532. The third kappa shape index (κ3) is 1.24. The van der Waals surface area contributed by atoms with Gasteiger partial charge in [-0.1, -0.05) is 33.3 Å². The number of ether oxygens (including phenoxy) is 1. The quantitative estimate of drug-likeness (QED) is 0.669. The van der Waals surface area contributed by atoms with E-state index >= 15 is 0 Å². The summed E-state index contributed by atoms with van der Waals surface area (Å²) < 4.78 is 6.57. The van der Waals surface area contributed by atoms with E-state index in [9.17, 15) is 4.79 Å². The lowest BCUT2D eigenvalue weighted by atomic mass is 9.60. The summed E-state index contributed by atoms with van der Waals surface area (Å²) in [5.41, 5.74) is 1.99. The fraction of sp³-hybridized carbons (Fsp3) is 0.833. The average molecular weight is 274 g/mol. The van der Waals surface area contributed by atoms with Crippen LogP contribution in [0.1, 0.15) is 59.8 Å². The average Bonchev–Trinajstić information content (AvgIpc) is 2.82. The van der Waals surface area contributed by atoms with Crippen molar-refractivity contribution in [3.63, 3.8) is 0 Å². The minimum absolute atomic E-state index is 0.00458. The normalized spacial score (nSPS) is 52.5. The van der Waals surface area contributed by atoms with E-state index in [1.54, 1.807) is 0 Å². The molecule has 0 aromatic carbocycles. The van der Waals surface area contributed by atoms with Crippen LogP contribution in [0.2, 0.25) is 0 Å². The molecule has 2 nitrogen and oxygen atoms in total. The molecule has 2 bridgehead atoms. The molecular formula is C18H26O2. The van der Waals surface area contributed by atoms with Crippen molar-refractivity contribution in [2.75, 3.05) is 6.61 Å². The van der Waals surface area contributed by atoms with Gasteiger partial charge in [0.2, 0.25) is 0 Å². The SMILES string of the molecule is CC1(C)[C@@H]2CC[C@@]1(C)[C@@]1(CC3=CC(=O)C[C@@]3(C)CO1)C2. The maximum atomic E-state index is 11.9. The molecule has 1 spiro atoms. The molecule has 0 N–H and O–H groups in total. The summed E-state index contributed by atoms with van der Waals surface area (Å²) >= 11 is 0. The summed E-state index contributed by atoms with van der Waals surface area (Å²) in [5.74, 6) is 1.09. The summed E-state index contributed by atoms with van der Waals surface area (Å²) in [5, 5.41) is 0. The van der Waals surface area contributed by atoms with Crippen LogP contribution in [-0.4, -0.2) is 18.0 Å². The van der Waals surface area contributed by atoms with Gasteiger partial charge in [-0.3, -0.25) is 4.79 Å². The Labute approximate surface area is 122 Å². The number of rotatable bonds is 0. The van der Waals surface area contributed by atoms with Crippen molar-refractivity contribution >= 4 is 5.78 Å². The van der Waals surface area contributed by atoms with Gasteiger partial charge in [-0.25, -0.2) is 0 Å². The monoisotopic (exact) mass is 274 g/mol. The Balaban J connectivity index is 1.75. The number of ketones is 1. The zero-order valence-corrected chi connectivity index (χ0v) is 13.2. The Morgan fingerprint density at radius 2 is 1.95 bits per heavy atom. The van der Waals surface area contributed by atoms with E-state index in [2.05, 4.69) is 27.7 Å².